The lowest BCUT2D eigenvalue weighted by Crippen LogP contribution is -2.57. The predicted molar refractivity (Wildman–Crippen MR) is 87.7 cm³/mol. The van der Waals surface area contributed by atoms with Gasteiger partial charge >= 0.3 is 0 Å². The smallest absolute Gasteiger partial charge is 0.0471 e. The van der Waals surface area contributed by atoms with Crippen LogP contribution in [-0.4, -0.2) is 25.8 Å². The Kier molecular flexibility index (Phi) is 4.11. The molecule has 1 N–H and O–H groups in total. The topological polar surface area (TPSA) is 21.3 Å². The van der Waals surface area contributed by atoms with Gasteiger partial charge in [0.05, 0.1) is 0 Å². The molecule has 2 heteroatoms. The fourth-order valence-corrected chi connectivity index (χ4v) is 4.28. The molecule has 0 unspecified atom stereocenters. The molecule has 1 aliphatic heterocycles. The van der Waals surface area contributed by atoms with Gasteiger partial charge in [-0.1, -0.05) is 43.7 Å². The molecule has 116 valence electrons. The SMILES string of the molecule is Cc1ccc(C2(CNC(C)C)CC3(CCOCC3)C2)cc1. The molecule has 1 saturated heterocycles. The van der Waals surface area contributed by atoms with E-state index in [1.807, 2.05) is 0 Å². The van der Waals surface area contributed by atoms with Gasteiger partial charge in [0, 0.05) is 31.2 Å². The van der Waals surface area contributed by atoms with Crippen molar-refractivity contribution in [2.75, 3.05) is 19.8 Å². The molecule has 0 bridgehead atoms. The first-order valence-electron chi connectivity index (χ1n) is 8.42. The minimum absolute atomic E-state index is 0.343. The number of ether oxygens (including phenoxy) is 1. The van der Waals surface area contributed by atoms with Crippen LogP contribution < -0.4 is 5.32 Å². The second-order valence-electron chi connectivity index (χ2n) is 7.65. The molecule has 2 nitrogen and oxygen atoms in total. The highest BCUT2D eigenvalue weighted by atomic mass is 16.5. The van der Waals surface area contributed by atoms with E-state index < -0.39 is 0 Å². The average molecular weight is 287 g/mol. The molecular weight excluding hydrogens is 258 g/mol. The summed E-state index contributed by atoms with van der Waals surface area (Å²) in [5.41, 5.74) is 3.78. The van der Waals surface area contributed by atoms with Crippen molar-refractivity contribution < 1.29 is 4.74 Å². The van der Waals surface area contributed by atoms with Gasteiger partial charge in [-0.2, -0.15) is 0 Å². The van der Waals surface area contributed by atoms with E-state index in [0.717, 1.165) is 19.8 Å². The van der Waals surface area contributed by atoms with Crippen molar-refractivity contribution in [1.82, 2.24) is 5.32 Å². The number of hydrogen-bond donors (Lipinski definition) is 1. The van der Waals surface area contributed by atoms with E-state index >= 15 is 0 Å². The molecule has 1 saturated carbocycles. The minimum Gasteiger partial charge on any atom is -0.381 e. The lowest BCUT2D eigenvalue weighted by molar-refractivity contribution is -0.0741. The van der Waals surface area contributed by atoms with Crippen LogP contribution in [0.5, 0.6) is 0 Å². The van der Waals surface area contributed by atoms with Gasteiger partial charge in [-0.25, -0.2) is 0 Å². The van der Waals surface area contributed by atoms with Gasteiger partial charge in [-0.3, -0.25) is 0 Å². The lowest BCUT2D eigenvalue weighted by atomic mass is 9.48. The van der Waals surface area contributed by atoms with E-state index in [0.29, 0.717) is 16.9 Å². The number of aryl methyl sites for hydroxylation is 1. The molecule has 3 rings (SSSR count). The molecule has 1 aromatic carbocycles. The molecule has 1 heterocycles. The summed E-state index contributed by atoms with van der Waals surface area (Å²) in [5, 5.41) is 3.69. The highest BCUT2D eigenvalue weighted by molar-refractivity contribution is 5.34. The van der Waals surface area contributed by atoms with E-state index in [4.69, 9.17) is 4.74 Å². The van der Waals surface area contributed by atoms with E-state index in [1.165, 1.54) is 36.8 Å². The zero-order valence-electron chi connectivity index (χ0n) is 13.7. The lowest BCUT2D eigenvalue weighted by Gasteiger charge is -2.59. The van der Waals surface area contributed by atoms with Gasteiger partial charge in [0.2, 0.25) is 0 Å². The first kappa shape index (κ1) is 15.1. The number of rotatable bonds is 4. The maximum Gasteiger partial charge on any atom is 0.0471 e. The van der Waals surface area contributed by atoms with Crippen LogP contribution >= 0.6 is 0 Å². The zero-order valence-corrected chi connectivity index (χ0v) is 13.7. The number of benzene rings is 1. The summed E-state index contributed by atoms with van der Waals surface area (Å²) in [7, 11) is 0. The van der Waals surface area contributed by atoms with Gasteiger partial charge in [0.1, 0.15) is 0 Å². The van der Waals surface area contributed by atoms with Crippen molar-refractivity contribution in [3.05, 3.63) is 35.4 Å². The third kappa shape index (κ3) is 3.02. The molecule has 1 spiro atoms. The monoisotopic (exact) mass is 287 g/mol. The highest BCUT2D eigenvalue weighted by Crippen LogP contribution is 2.60. The van der Waals surface area contributed by atoms with Crippen LogP contribution in [0.4, 0.5) is 0 Å². The van der Waals surface area contributed by atoms with Crippen molar-refractivity contribution in [3.63, 3.8) is 0 Å². The molecule has 1 aliphatic carbocycles. The first-order valence-corrected chi connectivity index (χ1v) is 8.42. The van der Waals surface area contributed by atoms with Crippen molar-refractivity contribution in [2.24, 2.45) is 5.41 Å². The van der Waals surface area contributed by atoms with Gasteiger partial charge in [-0.05, 0) is 43.6 Å². The Morgan fingerprint density at radius 3 is 2.29 bits per heavy atom. The molecular formula is C19H29NO. The van der Waals surface area contributed by atoms with E-state index in [1.54, 1.807) is 0 Å². The quantitative estimate of drug-likeness (QED) is 0.909. The van der Waals surface area contributed by atoms with Gasteiger partial charge in [0.15, 0.2) is 0 Å². The van der Waals surface area contributed by atoms with E-state index in [9.17, 15) is 0 Å². The van der Waals surface area contributed by atoms with Crippen LogP contribution in [0.2, 0.25) is 0 Å². The third-order valence-corrected chi connectivity index (χ3v) is 5.49. The van der Waals surface area contributed by atoms with Crippen LogP contribution in [-0.2, 0) is 10.2 Å². The van der Waals surface area contributed by atoms with Crippen LogP contribution in [0.3, 0.4) is 0 Å². The molecule has 2 aliphatic rings. The Morgan fingerprint density at radius 2 is 1.71 bits per heavy atom. The Balaban J connectivity index is 1.78. The summed E-state index contributed by atoms with van der Waals surface area (Å²) in [6.45, 7) is 9.68. The highest BCUT2D eigenvalue weighted by Gasteiger charge is 2.54. The zero-order chi connectivity index (χ0) is 14.9. The average Bonchev–Trinajstić information content (AvgIpc) is 2.44. The Labute approximate surface area is 129 Å². The van der Waals surface area contributed by atoms with Crippen molar-refractivity contribution >= 4 is 0 Å². The van der Waals surface area contributed by atoms with Crippen LogP contribution in [0.25, 0.3) is 0 Å². The second-order valence-corrected chi connectivity index (χ2v) is 7.65. The summed E-state index contributed by atoms with van der Waals surface area (Å²) >= 11 is 0. The molecule has 0 radical (unpaired) electrons. The van der Waals surface area contributed by atoms with Gasteiger partial charge < -0.3 is 10.1 Å². The Hall–Kier alpha value is -0.860. The molecule has 21 heavy (non-hydrogen) atoms. The second kappa shape index (κ2) is 5.73. The third-order valence-electron chi connectivity index (χ3n) is 5.49. The molecule has 0 aromatic heterocycles. The summed E-state index contributed by atoms with van der Waals surface area (Å²) in [6, 6.07) is 9.79. The fourth-order valence-electron chi connectivity index (χ4n) is 4.28. The van der Waals surface area contributed by atoms with Crippen LogP contribution in [0.1, 0.15) is 50.7 Å². The Morgan fingerprint density at radius 1 is 1.10 bits per heavy atom. The Bertz CT molecular complexity index is 463. The van der Waals surface area contributed by atoms with Crippen molar-refractivity contribution in [1.29, 1.82) is 0 Å². The molecule has 0 atom stereocenters. The summed E-state index contributed by atoms with van der Waals surface area (Å²) in [5.74, 6) is 0. The molecule has 0 amide bonds. The summed E-state index contributed by atoms with van der Waals surface area (Å²) < 4.78 is 5.57. The number of nitrogens with one attached hydrogen (secondary N) is 1. The number of hydrogen-bond acceptors (Lipinski definition) is 2. The van der Waals surface area contributed by atoms with E-state index in [-0.39, 0.29) is 0 Å². The minimum atomic E-state index is 0.343. The largest absolute Gasteiger partial charge is 0.381 e. The summed E-state index contributed by atoms with van der Waals surface area (Å²) in [6.07, 6.45) is 5.16. The summed E-state index contributed by atoms with van der Waals surface area (Å²) in [4.78, 5) is 0. The molecule has 1 aromatic rings. The van der Waals surface area contributed by atoms with Gasteiger partial charge in [-0.15, -0.1) is 0 Å². The molecule has 2 fully saturated rings. The van der Waals surface area contributed by atoms with E-state index in [2.05, 4.69) is 50.4 Å². The standard InChI is InChI=1S/C19H29NO/c1-15(2)20-14-19(17-6-4-16(3)5-7-17)12-18(13-19)8-10-21-11-9-18/h4-7,15,20H,8-14H2,1-3H3. The normalized spacial score (nSPS) is 23.2. The predicted octanol–water partition coefficient (Wildman–Crippen LogP) is 3.82. The van der Waals surface area contributed by atoms with Crippen molar-refractivity contribution in [3.8, 4) is 0 Å². The van der Waals surface area contributed by atoms with Crippen LogP contribution in [0.15, 0.2) is 24.3 Å². The van der Waals surface area contributed by atoms with Gasteiger partial charge in [0.25, 0.3) is 0 Å². The maximum atomic E-state index is 5.57. The first-order chi connectivity index (χ1) is 10.0. The maximum absolute atomic E-state index is 5.57. The van der Waals surface area contributed by atoms with Crippen LogP contribution in [0, 0.1) is 12.3 Å². The fraction of sp³-hybridized carbons (Fsp3) is 0.684. The van der Waals surface area contributed by atoms with Crippen molar-refractivity contribution in [2.45, 2.75) is 57.9 Å².